The molecule has 1 saturated heterocycles. The van der Waals surface area contributed by atoms with Crippen molar-refractivity contribution in [3.05, 3.63) is 29.8 Å². The summed E-state index contributed by atoms with van der Waals surface area (Å²) in [6.45, 7) is 4.87. The lowest BCUT2D eigenvalue weighted by Crippen LogP contribution is -2.25. The van der Waals surface area contributed by atoms with Gasteiger partial charge in [-0.1, -0.05) is 0 Å². The van der Waals surface area contributed by atoms with Crippen molar-refractivity contribution in [3.8, 4) is 0 Å². The van der Waals surface area contributed by atoms with Gasteiger partial charge < -0.3 is 15.2 Å². The number of hydrogen-bond acceptors (Lipinski definition) is 3. The van der Waals surface area contributed by atoms with Crippen LogP contribution in [0.15, 0.2) is 18.2 Å². The van der Waals surface area contributed by atoms with Crippen molar-refractivity contribution >= 4 is 11.0 Å². The van der Waals surface area contributed by atoms with E-state index in [-0.39, 0.29) is 5.82 Å². The van der Waals surface area contributed by atoms with Crippen molar-refractivity contribution in [1.82, 2.24) is 14.5 Å². The minimum absolute atomic E-state index is 0.235. The Balaban J connectivity index is 1.87. The molecule has 108 valence electrons. The fourth-order valence-electron chi connectivity index (χ4n) is 2.97. The third kappa shape index (κ3) is 2.69. The molecule has 0 amide bonds. The molecule has 0 spiro atoms. The highest BCUT2D eigenvalue weighted by Crippen LogP contribution is 2.18. The zero-order chi connectivity index (χ0) is 13.9. The van der Waals surface area contributed by atoms with Crippen LogP contribution in [0, 0.1) is 5.82 Å². The van der Waals surface area contributed by atoms with E-state index in [0.29, 0.717) is 6.54 Å². The van der Waals surface area contributed by atoms with Crippen LogP contribution in [-0.2, 0) is 13.0 Å². The van der Waals surface area contributed by atoms with Crippen LogP contribution in [0.3, 0.4) is 0 Å². The fraction of sp³-hybridized carbons (Fsp3) is 0.533. The molecule has 1 aliphatic rings. The molecule has 2 N–H and O–H groups in total. The SMILES string of the molecule is NCCc1nc2cc(F)ccc2n1CCN1CCCC1. The second-order valence-electron chi connectivity index (χ2n) is 5.40. The summed E-state index contributed by atoms with van der Waals surface area (Å²) in [6.07, 6.45) is 3.33. The average Bonchev–Trinajstić information content (AvgIpc) is 3.04. The number of hydrogen-bond donors (Lipinski definition) is 1. The van der Waals surface area contributed by atoms with Gasteiger partial charge in [0.2, 0.25) is 0 Å². The van der Waals surface area contributed by atoms with Crippen LogP contribution in [-0.4, -0.2) is 40.6 Å². The van der Waals surface area contributed by atoms with Gasteiger partial charge in [0.1, 0.15) is 11.6 Å². The molecule has 5 heteroatoms. The Morgan fingerprint density at radius 3 is 2.75 bits per heavy atom. The lowest BCUT2D eigenvalue weighted by Gasteiger charge is -2.16. The first-order valence-corrected chi connectivity index (χ1v) is 7.35. The molecule has 0 unspecified atom stereocenters. The number of rotatable bonds is 5. The summed E-state index contributed by atoms with van der Waals surface area (Å²) in [4.78, 5) is 7.01. The maximum absolute atomic E-state index is 13.3. The number of likely N-dealkylation sites (tertiary alicyclic amines) is 1. The van der Waals surface area contributed by atoms with Crippen LogP contribution < -0.4 is 5.73 Å². The highest BCUT2D eigenvalue weighted by atomic mass is 19.1. The zero-order valence-electron chi connectivity index (χ0n) is 11.7. The van der Waals surface area contributed by atoms with Gasteiger partial charge in [-0.15, -0.1) is 0 Å². The Morgan fingerprint density at radius 1 is 1.20 bits per heavy atom. The van der Waals surface area contributed by atoms with E-state index in [2.05, 4.69) is 14.5 Å². The van der Waals surface area contributed by atoms with Gasteiger partial charge in [0, 0.05) is 25.6 Å². The fourth-order valence-corrected chi connectivity index (χ4v) is 2.97. The number of benzene rings is 1. The van der Waals surface area contributed by atoms with Crippen molar-refractivity contribution in [2.24, 2.45) is 5.73 Å². The normalized spacial score (nSPS) is 16.3. The van der Waals surface area contributed by atoms with E-state index >= 15 is 0 Å². The molecule has 2 aromatic rings. The van der Waals surface area contributed by atoms with Gasteiger partial charge in [-0.3, -0.25) is 0 Å². The lowest BCUT2D eigenvalue weighted by molar-refractivity contribution is 0.322. The number of imidazole rings is 1. The second-order valence-corrected chi connectivity index (χ2v) is 5.40. The standard InChI is InChI=1S/C15H21FN4/c16-12-3-4-14-13(11-12)18-15(5-6-17)20(14)10-9-19-7-1-2-8-19/h3-4,11H,1-2,5-10,17H2. The van der Waals surface area contributed by atoms with Crippen LogP contribution in [0.5, 0.6) is 0 Å². The first kappa shape index (κ1) is 13.5. The maximum Gasteiger partial charge on any atom is 0.125 e. The van der Waals surface area contributed by atoms with E-state index in [0.717, 1.165) is 36.4 Å². The van der Waals surface area contributed by atoms with Crippen molar-refractivity contribution in [2.45, 2.75) is 25.8 Å². The Labute approximate surface area is 118 Å². The van der Waals surface area contributed by atoms with Gasteiger partial charge in [-0.05, 0) is 44.6 Å². The molecule has 0 bridgehead atoms. The molecule has 1 fully saturated rings. The molecule has 1 aromatic carbocycles. The Kier molecular flexibility index (Phi) is 3.98. The van der Waals surface area contributed by atoms with Gasteiger partial charge in [0.15, 0.2) is 0 Å². The molecular formula is C15H21FN4. The summed E-state index contributed by atoms with van der Waals surface area (Å²) < 4.78 is 15.5. The number of nitrogens with two attached hydrogens (primary N) is 1. The Bertz CT molecular complexity index is 587. The van der Waals surface area contributed by atoms with Gasteiger partial charge >= 0.3 is 0 Å². The lowest BCUT2D eigenvalue weighted by atomic mass is 10.3. The van der Waals surface area contributed by atoms with E-state index in [1.807, 2.05) is 6.07 Å². The highest BCUT2D eigenvalue weighted by Gasteiger charge is 2.14. The van der Waals surface area contributed by atoms with E-state index in [4.69, 9.17) is 5.73 Å². The minimum atomic E-state index is -0.235. The highest BCUT2D eigenvalue weighted by molar-refractivity contribution is 5.76. The molecule has 0 atom stereocenters. The quantitative estimate of drug-likeness (QED) is 0.905. The molecule has 2 heterocycles. The second kappa shape index (κ2) is 5.89. The van der Waals surface area contributed by atoms with Gasteiger partial charge in [-0.2, -0.15) is 0 Å². The van der Waals surface area contributed by atoms with Crippen molar-refractivity contribution < 1.29 is 4.39 Å². The summed E-state index contributed by atoms with van der Waals surface area (Å²) in [6, 6.07) is 4.83. The van der Waals surface area contributed by atoms with Crippen LogP contribution in [0.25, 0.3) is 11.0 Å². The van der Waals surface area contributed by atoms with E-state index in [9.17, 15) is 4.39 Å². The first-order valence-electron chi connectivity index (χ1n) is 7.35. The van der Waals surface area contributed by atoms with E-state index in [1.54, 1.807) is 0 Å². The molecular weight excluding hydrogens is 255 g/mol. The average molecular weight is 276 g/mol. The van der Waals surface area contributed by atoms with Crippen LogP contribution in [0.4, 0.5) is 4.39 Å². The summed E-state index contributed by atoms with van der Waals surface area (Å²) in [5.41, 5.74) is 7.40. The molecule has 20 heavy (non-hydrogen) atoms. The predicted molar refractivity (Wildman–Crippen MR) is 78.1 cm³/mol. The topological polar surface area (TPSA) is 47.1 Å². The van der Waals surface area contributed by atoms with Crippen LogP contribution >= 0.6 is 0 Å². The molecule has 3 rings (SSSR count). The number of halogens is 1. The number of aromatic nitrogens is 2. The summed E-state index contributed by atoms with van der Waals surface area (Å²) in [7, 11) is 0. The number of fused-ring (bicyclic) bond motifs is 1. The van der Waals surface area contributed by atoms with Gasteiger partial charge in [0.05, 0.1) is 11.0 Å². The van der Waals surface area contributed by atoms with E-state index in [1.165, 1.54) is 38.1 Å². The Hall–Kier alpha value is -1.46. The number of nitrogens with zero attached hydrogens (tertiary/aromatic N) is 3. The summed E-state index contributed by atoms with van der Waals surface area (Å²) in [5, 5.41) is 0. The monoisotopic (exact) mass is 276 g/mol. The predicted octanol–water partition coefficient (Wildman–Crippen LogP) is 1.77. The summed E-state index contributed by atoms with van der Waals surface area (Å²) in [5.74, 6) is 0.730. The molecule has 0 aliphatic carbocycles. The van der Waals surface area contributed by atoms with Crippen molar-refractivity contribution in [2.75, 3.05) is 26.2 Å². The maximum atomic E-state index is 13.3. The molecule has 1 aliphatic heterocycles. The molecule has 0 radical (unpaired) electrons. The van der Waals surface area contributed by atoms with Crippen molar-refractivity contribution in [1.29, 1.82) is 0 Å². The zero-order valence-corrected chi connectivity index (χ0v) is 11.7. The van der Waals surface area contributed by atoms with E-state index < -0.39 is 0 Å². The molecule has 4 nitrogen and oxygen atoms in total. The third-order valence-corrected chi connectivity index (χ3v) is 4.00. The van der Waals surface area contributed by atoms with Crippen molar-refractivity contribution in [3.63, 3.8) is 0 Å². The van der Waals surface area contributed by atoms with Gasteiger partial charge in [0.25, 0.3) is 0 Å². The Morgan fingerprint density at radius 2 is 2.00 bits per heavy atom. The smallest absolute Gasteiger partial charge is 0.125 e. The largest absolute Gasteiger partial charge is 0.330 e. The first-order chi connectivity index (χ1) is 9.78. The molecule has 1 aromatic heterocycles. The third-order valence-electron chi connectivity index (χ3n) is 4.00. The van der Waals surface area contributed by atoms with Gasteiger partial charge in [-0.25, -0.2) is 9.37 Å². The minimum Gasteiger partial charge on any atom is -0.330 e. The summed E-state index contributed by atoms with van der Waals surface area (Å²) >= 11 is 0. The van der Waals surface area contributed by atoms with Crippen LogP contribution in [0.1, 0.15) is 18.7 Å². The molecule has 0 saturated carbocycles. The van der Waals surface area contributed by atoms with Crippen LogP contribution in [0.2, 0.25) is 0 Å².